The number of nitrogens with zero attached hydrogens (tertiary/aromatic N) is 6. The summed E-state index contributed by atoms with van der Waals surface area (Å²) in [6, 6.07) is 0. The van der Waals surface area contributed by atoms with Gasteiger partial charge in [-0.2, -0.15) is 15.0 Å². The highest BCUT2D eigenvalue weighted by atomic mass is 15.3. The Morgan fingerprint density at radius 1 is 1.20 bits per heavy atom. The maximum Gasteiger partial charge on any atom is 0.241 e. The summed E-state index contributed by atoms with van der Waals surface area (Å²) in [5.41, 5.74) is 0. The lowest BCUT2D eigenvalue weighted by molar-refractivity contribution is 0.578. The van der Waals surface area contributed by atoms with E-state index in [0.29, 0.717) is 17.8 Å². The predicted molar refractivity (Wildman–Crippen MR) is 76.2 cm³/mol. The number of piperazine rings is 1. The van der Waals surface area contributed by atoms with Crippen LogP contribution in [-0.4, -0.2) is 57.2 Å². The summed E-state index contributed by atoms with van der Waals surface area (Å²) >= 11 is 0. The van der Waals surface area contributed by atoms with E-state index in [4.69, 9.17) is 0 Å². The second-order valence-corrected chi connectivity index (χ2v) is 4.50. The summed E-state index contributed by atoms with van der Waals surface area (Å²) in [5.74, 6) is 1.89. The van der Waals surface area contributed by atoms with Crippen molar-refractivity contribution in [1.29, 1.82) is 0 Å². The Labute approximate surface area is 117 Å². The quantitative estimate of drug-likeness (QED) is 0.805. The zero-order valence-corrected chi connectivity index (χ0v) is 11.5. The van der Waals surface area contributed by atoms with E-state index in [9.17, 15) is 0 Å². The largest absolute Gasteiger partial charge is 0.354 e. The van der Waals surface area contributed by atoms with Gasteiger partial charge in [-0.15, -0.1) is 0 Å². The van der Waals surface area contributed by atoms with Crippen molar-refractivity contribution in [2.45, 2.75) is 6.92 Å². The van der Waals surface area contributed by atoms with Crippen molar-refractivity contribution < 1.29 is 0 Å². The second kappa shape index (κ2) is 5.83. The topological polar surface area (TPSA) is 83.8 Å². The van der Waals surface area contributed by atoms with Crippen LogP contribution in [-0.2, 0) is 0 Å². The molecule has 8 nitrogen and oxygen atoms in total. The van der Waals surface area contributed by atoms with Crippen LogP contribution >= 0.6 is 0 Å². The van der Waals surface area contributed by atoms with Gasteiger partial charge in [0.1, 0.15) is 6.33 Å². The van der Waals surface area contributed by atoms with Crippen LogP contribution in [0.1, 0.15) is 6.92 Å². The normalized spacial score (nSPS) is 15.3. The lowest BCUT2D eigenvalue weighted by atomic mass is 10.4. The van der Waals surface area contributed by atoms with E-state index in [1.165, 1.54) is 0 Å². The average molecular weight is 274 g/mol. The van der Waals surface area contributed by atoms with Crippen LogP contribution in [0.15, 0.2) is 18.7 Å². The molecule has 8 heteroatoms. The van der Waals surface area contributed by atoms with Gasteiger partial charge in [-0.1, -0.05) is 0 Å². The Kier molecular flexibility index (Phi) is 3.73. The molecule has 0 unspecified atom stereocenters. The van der Waals surface area contributed by atoms with Crippen LogP contribution in [0, 0.1) is 0 Å². The molecule has 106 valence electrons. The van der Waals surface area contributed by atoms with E-state index in [0.717, 1.165) is 32.7 Å². The Bertz CT molecular complexity index is 547. The fourth-order valence-corrected chi connectivity index (χ4v) is 2.09. The standard InChI is InChI=1S/C12H18N8/c1-2-15-10-16-11(19-6-3-13-4-7-19)18-12(17-10)20-8-5-14-9-20/h5,8-9,13H,2-4,6-7H2,1H3,(H,15,16,17,18). The monoisotopic (exact) mass is 274 g/mol. The molecule has 3 heterocycles. The number of hydrogen-bond acceptors (Lipinski definition) is 7. The van der Waals surface area contributed by atoms with Crippen LogP contribution < -0.4 is 15.5 Å². The molecule has 0 bridgehead atoms. The first-order valence-electron chi connectivity index (χ1n) is 6.81. The smallest absolute Gasteiger partial charge is 0.241 e. The van der Waals surface area contributed by atoms with Crippen LogP contribution in [0.4, 0.5) is 11.9 Å². The van der Waals surface area contributed by atoms with Crippen molar-refractivity contribution >= 4 is 11.9 Å². The molecule has 0 spiro atoms. The molecule has 3 rings (SSSR count). The zero-order valence-electron chi connectivity index (χ0n) is 11.5. The minimum Gasteiger partial charge on any atom is -0.354 e. The molecule has 2 aromatic rings. The number of imidazole rings is 1. The first-order chi connectivity index (χ1) is 9.86. The SMILES string of the molecule is CCNc1nc(N2CCNCC2)nc(-n2ccnc2)n1. The second-order valence-electron chi connectivity index (χ2n) is 4.50. The van der Waals surface area contributed by atoms with Gasteiger partial charge in [0.15, 0.2) is 0 Å². The summed E-state index contributed by atoms with van der Waals surface area (Å²) in [5, 5.41) is 6.47. The maximum atomic E-state index is 4.54. The molecule has 2 aromatic heterocycles. The van der Waals surface area contributed by atoms with Gasteiger partial charge in [-0.25, -0.2) is 4.98 Å². The lowest BCUT2D eigenvalue weighted by Gasteiger charge is -2.27. The van der Waals surface area contributed by atoms with E-state index < -0.39 is 0 Å². The highest BCUT2D eigenvalue weighted by Crippen LogP contribution is 2.13. The summed E-state index contributed by atoms with van der Waals surface area (Å²) in [7, 11) is 0. The van der Waals surface area contributed by atoms with Crippen molar-refractivity contribution in [3.8, 4) is 5.95 Å². The van der Waals surface area contributed by atoms with Gasteiger partial charge in [-0.3, -0.25) is 4.57 Å². The molecule has 1 saturated heterocycles. The first kappa shape index (κ1) is 12.8. The maximum absolute atomic E-state index is 4.54. The highest BCUT2D eigenvalue weighted by Gasteiger charge is 2.16. The Morgan fingerprint density at radius 3 is 2.70 bits per heavy atom. The number of hydrogen-bond donors (Lipinski definition) is 2. The Balaban J connectivity index is 1.95. The fraction of sp³-hybridized carbons (Fsp3) is 0.500. The number of aromatic nitrogens is 5. The van der Waals surface area contributed by atoms with E-state index in [1.807, 2.05) is 13.1 Å². The van der Waals surface area contributed by atoms with Crippen molar-refractivity contribution in [2.75, 3.05) is 42.9 Å². The molecule has 0 saturated carbocycles. The molecular weight excluding hydrogens is 256 g/mol. The van der Waals surface area contributed by atoms with E-state index in [1.54, 1.807) is 17.1 Å². The van der Waals surface area contributed by atoms with Crippen molar-refractivity contribution in [3.05, 3.63) is 18.7 Å². The van der Waals surface area contributed by atoms with Crippen molar-refractivity contribution in [3.63, 3.8) is 0 Å². The molecule has 0 atom stereocenters. The fourth-order valence-electron chi connectivity index (χ4n) is 2.09. The van der Waals surface area contributed by atoms with Gasteiger partial charge in [0.05, 0.1) is 0 Å². The molecular formula is C12H18N8. The van der Waals surface area contributed by atoms with Crippen LogP contribution in [0.25, 0.3) is 5.95 Å². The van der Waals surface area contributed by atoms with Gasteiger partial charge in [0, 0.05) is 45.1 Å². The number of anilines is 2. The third-order valence-electron chi connectivity index (χ3n) is 3.08. The molecule has 20 heavy (non-hydrogen) atoms. The van der Waals surface area contributed by atoms with Crippen LogP contribution in [0.5, 0.6) is 0 Å². The van der Waals surface area contributed by atoms with Crippen molar-refractivity contribution in [1.82, 2.24) is 29.8 Å². The molecule has 2 N–H and O–H groups in total. The van der Waals surface area contributed by atoms with Crippen molar-refractivity contribution in [2.24, 2.45) is 0 Å². The summed E-state index contributed by atoms with van der Waals surface area (Å²) in [6.07, 6.45) is 5.22. The minimum atomic E-state index is 0.585. The predicted octanol–water partition coefficient (Wildman–Crippen LogP) is -0.101. The number of rotatable bonds is 4. The third-order valence-corrected chi connectivity index (χ3v) is 3.08. The lowest BCUT2D eigenvalue weighted by Crippen LogP contribution is -2.44. The zero-order chi connectivity index (χ0) is 13.8. The first-order valence-corrected chi connectivity index (χ1v) is 6.81. The Hall–Kier alpha value is -2.22. The van der Waals surface area contributed by atoms with Gasteiger partial charge in [-0.05, 0) is 6.92 Å². The highest BCUT2D eigenvalue weighted by molar-refractivity contribution is 5.40. The van der Waals surface area contributed by atoms with E-state index in [2.05, 4.69) is 35.5 Å². The summed E-state index contributed by atoms with van der Waals surface area (Å²) in [4.78, 5) is 19.6. The molecule has 1 fully saturated rings. The Morgan fingerprint density at radius 2 is 2.00 bits per heavy atom. The summed E-state index contributed by atoms with van der Waals surface area (Å²) in [6.45, 7) is 6.49. The minimum absolute atomic E-state index is 0.585. The molecule has 0 radical (unpaired) electrons. The van der Waals surface area contributed by atoms with E-state index in [-0.39, 0.29) is 0 Å². The van der Waals surface area contributed by atoms with Gasteiger partial charge < -0.3 is 15.5 Å². The van der Waals surface area contributed by atoms with E-state index >= 15 is 0 Å². The average Bonchev–Trinajstić information content (AvgIpc) is 3.02. The molecule has 0 aliphatic carbocycles. The van der Waals surface area contributed by atoms with Gasteiger partial charge in [0.25, 0.3) is 0 Å². The molecule has 0 aromatic carbocycles. The molecule has 1 aliphatic heterocycles. The molecule has 1 aliphatic rings. The molecule has 0 amide bonds. The number of nitrogens with one attached hydrogen (secondary N) is 2. The summed E-state index contributed by atoms with van der Waals surface area (Å²) < 4.78 is 1.79. The third kappa shape index (κ3) is 2.69. The van der Waals surface area contributed by atoms with Crippen LogP contribution in [0.2, 0.25) is 0 Å². The van der Waals surface area contributed by atoms with Gasteiger partial charge >= 0.3 is 0 Å². The van der Waals surface area contributed by atoms with Crippen LogP contribution in [0.3, 0.4) is 0 Å². The van der Waals surface area contributed by atoms with Gasteiger partial charge in [0.2, 0.25) is 17.8 Å².